The minimum atomic E-state index is -0.495. The van der Waals surface area contributed by atoms with E-state index in [-0.39, 0.29) is 42.8 Å². The van der Waals surface area contributed by atoms with Gasteiger partial charge in [-0.1, -0.05) is 12.1 Å². The van der Waals surface area contributed by atoms with Gasteiger partial charge in [0.25, 0.3) is 0 Å². The molecule has 0 radical (unpaired) electrons. The van der Waals surface area contributed by atoms with Crippen LogP contribution in [0, 0.1) is 16.0 Å². The molecule has 1 atom stereocenters. The van der Waals surface area contributed by atoms with Crippen molar-refractivity contribution in [2.75, 3.05) is 26.2 Å². The van der Waals surface area contributed by atoms with E-state index in [0.29, 0.717) is 12.5 Å². The third kappa shape index (κ3) is 6.42. The van der Waals surface area contributed by atoms with Gasteiger partial charge in [-0.2, -0.15) is 0 Å². The van der Waals surface area contributed by atoms with Crippen molar-refractivity contribution in [3.05, 3.63) is 34.4 Å². The fraction of sp³-hybridized carbons (Fsp3) is 0.533. The zero-order valence-corrected chi connectivity index (χ0v) is 13.6. The van der Waals surface area contributed by atoms with Crippen LogP contribution in [-0.4, -0.2) is 37.1 Å². The monoisotopic (exact) mass is 343 g/mol. The number of benzene rings is 1. The van der Waals surface area contributed by atoms with E-state index in [1.54, 1.807) is 12.1 Å². The number of hydrogen-bond donors (Lipinski definition) is 2. The van der Waals surface area contributed by atoms with Crippen LogP contribution in [0.25, 0.3) is 0 Å². The molecular weight excluding hydrogens is 322 g/mol. The van der Waals surface area contributed by atoms with Gasteiger partial charge in [0, 0.05) is 12.6 Å². The maximum absolute atomic E-state index is 11.7. The van der Waals surface area contributed by atoms with Crippen molar-refractivity contribution >= 4 is 24.0 Å². The maximum Gasteiger partial charge on any atom is 0.310 e. The van der Waals surface area contributed by atoms with E-state index in [4.69, 9.17) is 4.74 Å². The number of ether oxygens (including phenoxy) is 1. The van der Waals surface area contributed by atoms with E-state index in [2.05, 4.69) is 10.6 Å². The van der Waals surface area contributed by atoms with Crippen LogP contribution >= 0.6 is 12.4 Å². The van der Waals surface area contributed by atoms with Gasteiger partial charge in [0.1, 0.15) is 0 Å². The van der Waals surface area contributed by atoms with E-state index in [1.165, 1.54) is 12.1 Å². The van der Waals surface area contributed by atoms with Gasteiger partial charge in [0.15, 0.2) is 5.75 Å². The fourth-order valence-electron chi connectivity index (χ4n) is 2.43. The molecule has 0 aromatic heterocycles. The summed E-state index contributed by atoms with van der Waals surface area (Å²) in [6, 6.07) is 6.16. The summed E-state index contributed by atoms with van der Waals surface area (Å²) >= 11 is 0. The van der Waals surface area contributed by atoms with Crippen LogP contribution in [0.1, 0.15) is 19.3 Å². The fourth-order valence-corrected chi connectivity index (χ4v) is 2.43. The SMILES string of the molecule is Cl.O=C(CCOc1ccccc1[N+](=O)[O-])NCC1CCCNC1. The molecule has 1 heterocycles. The molecule has 1 saturated heterocycles. The van der Waals surface area contributed by atoms with Gasteiger partial charge in [0.05, 0.1) is 18.0 Å². The Balaban J connectivity index is 0.00000264. The molecule has 1 fully saturated rings. The second-order valence-corrected chi connectivity index (χ2v) is 5.34. The molecule has 0 saturated carbocycles. The lowest BCUT2D eigenvalue weighted by molar-refractivity contribution is -0.385. The summed E-state index contributed by atoms with van der Waals surface area (Å²) in [6.45, 7) is 2.78. The Kier molecular flexibility index (Phi) is 8.36. The summed E-state index contributed by atoms with van der Waals surface area (Å²) in [4.78, 5) is 22.1. The molecule has 8 heteroatoms. The molecule has 1 aliphatic rings. The van der Waals surface area contributed by atoms with Crippen molar-refractivity contribution in [2.24, 2.45) is 5.92 Å². The van der Waals surface area contributed by atoms with E-state index < -0.39 is 4.92 Å². The lowest BCUT2D eigenvalue weighted by atomic mass is 10.00. The number of hydrogen-bond acceptors (Lipinski definition) is 5. The third-order valence-corrected chi connectivity index (χ3v) is 3.64. The molecule has 1 amide bonds. The summed E-state index contributed by atoms with van der Waals surface area (Å²) in [5.41, 5.74) is -0.0869. The van der Waals surface area contributed by atoms with Crippen LogP contribution in [0.4, 0.5) is 5.69 Å². The van der Waals surface area contributed by atoms with Crippen LogP contribution in [0.2, 0.25) is 0 Å². The van der Waals surface area contributed by atoms with Crippen LogP contribution < -0.4 is 15.4 Å². The first-order valence-electron chi connectivity index (χ1n) is 7.50. The highest BCUT2D eigenvalue weighted by atomic mass is 35.5. The zero-order valence-electron chi connectivity index (χ0n) is 12.8. The quantitative estimate of drug-likeness (QED) is 0.582. The molecule has 1 aromatic carbocycles. The molecule has 0 bridgehead atoms. The number of carbonyl (C=O) groups is 1. The molecule has 7 nitrogen and oxygen atoms in total. The van der Waals surface area contributed by atoms with Gasteiger partial charge in [-0.25, -0.2) is 0 Å². The molecular formula is C15H22ClN3O4. The number of carbonyl (C=O) groups excluding carboxylic acids is 1. The van der Waals surface area contributed by atoms with Gasteiger partial charge in [-0.3, -0.25) is 14.9 Å². The second-order valence-electron chi connectivity index (χ2n) is 5.34. The van der Waals surface area contributed by atoms with E-state index in [0.717, 1.165) is 25.9 Å². The zero-order chi connectivity index (χ0) is 15.8. The summed E-state index contributed by atoms with van der Waals surface area (Å²) in [6.07, 6.45) is 2.45. The van der Waals surface area contributed by atoms with Crippen molar-refractivity contribution in [1.29, 1.82) is 0 Å². The van der Waals surface area contributed by atoms with Crippen molar-refractivity contribution < 1.29 is 14.5 Å². The Bertz CT molecular complexity index is 521. The number of nitrogens with one attached hydrogen (secondary N) is 2. The average Bonchev–Trinajstić information content (AvgIpc) is 2.54. The number of nitrogens with zero attached hydrogens (tertiary/aromatic N) is 1. The Hall–Kier alpha value is -1.86. The molecule has 0 aliphatic carbocycles. The van der Waals surface area contributed by atoms with Crippen molar-refractivity contribution in [1.82, 2.24) is 10.6 Å². The Morgan fingerprint density at radius 2 is 2.22 bits per heavy atom. The Labute approximate surface area is 141 Å². The van der Waals surface area contributed by atoms with Crippen molar-refractivity contribution in [3.63, 3.8) is 0 Å². The predicted molar refractivity (Wildman–Crippen MR) is 89.1 cm³/mol. The molecule has 2 N–H and O–H groups in total. The first-order chi connectivity index (χ1) is 10.7. The van der Waals surface area contributed by atoms with Crippen LogP contribution in [0.3, 0.4) is 0 Å². The highest BCUT2D eigenvalue weighted by Crippen LogP contribution is 2.25. The number of piperidine rings is 1. The minimum absolute atomic E-state index is 0. The largest absolute Gasteiger partial charge is 0.486 e. The summed E-state index contributed by atoms with van der Waals surface area (Å²) in [5.74, 6) is 0.578. The van der Waals surface area contributed by atoms with Crippen LogP contribution in [0.15, 0.2) is 24.3 Å². The van der Waals surface area contributed by atoms with Crippen molar-refractivity contribution in [3.8, 4) is 5.75 Å². The first-order valence-corrected chi connectivity index (χ1v) is 7.50. The van der Waals surface area contributed by atoms with Gasteiger partial charge >= 0.3 is 5.69 Å². The van der Waals surface area contributed by atoms with Gasteiger partial charge in [-0.15, -0.1) is 12.4 Å². The number of amides is 1. The topological polar surface area (TPSA) is 93.5 Å². The average molecular weight is 344 g/mol. The van der Waals surface area contributed by atoms with Crippen LogP contribution in [0.5, 0.6) is 5.75 Å². The number of rotatable bonds is 7. The molecule has 1 unspecified atom stereocenters. The highest BCUT2D eigenvalue weighted by Gasteiger charge is 2.15. The molecule has 1 aliphatic heterocycles. The standard InChI is InChI=1S/C15H21N3O4.ClH/c19-15(17-11-12-4-3-8-16-10-12)7-9-22-14-6-2-1-5-13(14)18(20)21;/h1-2,5-6,12,16H,3-4,7-11H2,(H,17,19);1H. The van der Waals surface area contributed by atoms with Gasteiger partial charge in [0.2, 0.25) is 5.91 Å². The first kappa shape index (κ1) is 19.2. The van der Waals surface area contributed by atoms with Gasteiger partial charge < -0.3 is 15.4 Å². The summed E-state index contributed by atoms with van der Waals surface area (Å²) in [7, 11) is 0. The lowest BCUT2D eigenvalue weighted by Gasteiger charge is -2.22. The molecule has 1 aromatic rings. The minimum Gasteiger partial charge on any atom is -0.486 e. The smallest absolute Gasteiger partial charge is 0.310 e. The Morgan fingerprint density at radius 3 is 2.91 bits per heavy atom. The van der Waals surface area contributed by atoms with E-state index in [9.17, 15) is 14.9 Å². The van der Waals surface area contributed by atoms with Crippen LogP contribution in [-0.2, 0) is 4.79 Å². The second kappa shape index (κ2) is 10.0. The van der Waals surface area contributed by atoms with Gasteiger partial charge in [-0.05, 0) is 37.9 Å². The lowest BCUT2D eigenvalue weighted by Crippen LogP contribution is -2.38. The molecule has 23 heavy (non-hydrogen) atoms. The molecule has 2 rings (SSSR count). The number of nitro benzene ring substituents is 1. The highest BCUT2D eigenvalue weighted by molar-refractivity contribution is 5.85. The number of halogens is 1. The van der Waals surface area contributed by atoms with Crippen molar-refractivity contribution in [2.45, 2.75) is 19.3 Å². The molecule has 128 valence electrons. The van der Waals surface area contributed by atoms with E-state index >= 15 is 0 Å². The predicted octanol–water partition coefficient (Wildman–Crippen LogP) is 1.90. The third-order valence-electron chi connectivity index (χ3n) is 3.64. The maximum atomic E-state index is 11.7. The molecule has 0 spiro atoms. The summed E-state index contributed by atoms with van der Waals surface area (Å²) < 4.78 is 5.35. The normalized spacial score (nSPS) is 17.0. The summed E-state index contributed by atoms with van der Waals surface area (Å²) in [5, 5.41) is 17.0. The Morgan fingerprint density at radius 1 is 1.43 bits per heavy atom. The number of para-hydroxylation sites is 2. The van der Waals surface area contributed by atoms with E-state index in [1.807, 2.05) is 0 Å². The number of nitro groups is 1.